The number of ether oxygens (including phenoxy) is 1. The summed E-state index contributed by atoms with van der Waals surface area (Å²) in [6, 6.07) is 30.8. The van der Waals surface area contributed by atoms with Gasteiger partial charge in [-0.3, -0.25) is 0 Å². The van der Waals surface area contributed by atoms with Gasteiger partial charge in [0, 0.05) is 16.9 Å². The number of fused-ring (bicyclic) bond motifs is 10. The van der Waals surface area contributed by atoms with Crippen LogP contribution in [0, 0.1) is 0 Å². The van der Waals surface area contributed by atoms with Crippen LogP contribution in [-0.2, 0) is 6.42 Å². The Hall–Kier alpha value is -3.84. The molecule has 5 aromatic rings. The van der Waals surface area contributed by atoms with E-state index in [-0.39, 0.29) is 12.0 Å². The van der Waals surface area contributed by atoms with E-state index in [2.05, 4.69) is 109 Å². The standard InChI is InChI=1S/C31H22O/c1-2-10-20(11-3-1)18-21-19-27-24-14-5-4-12-22(24)23-13-6-7-15-25(23)30(27)31-29(21)26-16-8-9-17-28(26)32-31/h1-17,19,26,28H,18H2. The molecule has 5 aromatic carbocycles. The van der Waals surface area contributed by atoms with Gasteiger partial charge in [0.2, 0.25) is 0 Å². The molecule has 0 fully saturated rings. The molecule has 2 unspecified atom stereocenters. The van der Waals surface area contributed by atoms with Crippen molar-refractivity contribution in [2.24, 2.45) is 0 Å². The molecule has 32 heavy (non-hydrogen) atoms. The molecule has 1 aliphatic heterocycles. The smallest absolute Gasteiger partial charge is 0.132 e. The second-order valence-electron chi connectivity index (χ2n) is 8.83. The Bertz CT molecular complexity index is 1570. The van der Waals surface area contributed by atoms with E-state index in [1.165, 1.54) is 49.0 Å². The van der Waals surface area contributed by atoms with Crippen LogP contribution in [0.5, 0.6) is 5.75 Å². The second kappa shape index (κ2) is 6.83. The average Bonchev–Trinajstić information content (AvgIpc) is 3.25. The van der Waals surface area contributed by atoms with Crippen LogP contribution in [0.25, 0.3) is 32.3 Å². The minimum Gasteiger partial charge on any atom is -0.484 e. The third kappa shape index (κ3) is 2.51. The summed E-state index contributed by atoms with van der Waals surface area (Å²) in [7, 11) is 0. The molecule has 1 nitrogen and oxygen atoms in total. The largest absolute Gasteiger partial charge is 0.484 e. The third-order valence-corrected chi connectivity index (χ3v) is 7.02. The molecular formula is C31H22O. The highest BCUT2D eigenvalue weighted by Gasteiger charge is 2.36. The Kier molecular flexibility index (Phi) is 3.80. The number of rotatable bonds is 2. The lowest BCUT2D eigenvalue weighted by Crippen LogP contribution is -2.16. The minimum absolute atomic E-state index is 0.0698. The van der Waals surface area contributed by atoms with Crippen molar-refractivity contribution in [3.8, 4) is 5.75 Å². The lowest BCUT2D eigenvalue weighted by atomic mass is 9.83. The molecule has 0 N–H and O–H groups in total. The average molecular weight is 411 g/mol. The van der Waals surface area contributed by atoms with Gasteiger partial charge in [0.1, 0.15) is 11.9 Å². The summed E-state index contributed by atoms with van der Waals surface area (Å²) in [4.78, 5) is 0. The first-order valence-corrected chi connectivity index (χ1v) is 11.3. The van der Waals surface area contributed by atoms with Gasteiger partial charge in [-0.15, -0.1) is 0 Å². The zero-order chi connectivity index (χ0) is 21.1. The maximum absolute atomic E-state index is 6.72. The van der Waals surface area contributed by atoms with Gasteiger partial charge in [-0.05, 0) is 56.6 Å². The second-order valence-corrected chi connectivity index (χ2v) is 8.83. The molecule has 1 aliphatic carbocycles. The zero-order valence-corrected chi connectivity index (χ0v) is 17.7. The number of hydrogen-bond acceptors (Lipinski definition) is 1. The van der Waals surface area contributed by atoms with Crippen molar-refractivity contribution >= 4 is 32.3 Å². The fraction of sp³-hybridized carbons (Fsp3) is 0.0968. The topological polar surface area (TPSA) is 9.23 Å². The Labute approximate surface area is 187 Å². The van der Waals surface area contributed by atoms with Crippen molar-refractivity contribution in [1.82, 2.24) is 0 Å². The quantitative estimate of drug-likeness (QED) is 0.271. The first-order valence-electron chi connectivity index (χ1n) is 11.3. The molecule has 1 heterocycles. The Morgan fingerprint density at radius 1 is 0.625 bits per heavy atom. The van der Waals surface area contributed by atoms with Crippen molar-refractivity contribution < 1.29 is 4.74 Å². The van der Waals surface area contributed by atoms with E-state index < -0.39 is 0 Å². The van der Waals surface area contributed by atoms with Gasteiger partial charge < -0.3 is 4.74 Å². The van der Waals surface area contributed by atoms with Crippen LogP contribution >= 0.6 is 0 Å². The van der Waals surface area contributed by atoms with Crippen LogP contribution in [0.2, 0.25) is 0 Å². The minimum atomic E-state index is 0.0698. The van der Waals surface area contributed by atoms with Crippen molar-refractivity contribution in [1.29, 1.82) is 0 Å². The van der Waals surface area contributed by atoms with Gasteiger partial charge in [0.25, 0.3) is 0 Å². The lowest BCUT2D eigenvalue weighted by Gasteiger charge is -2.17. The molecule has 1 heteroatoms. The van der Waals surface area contributed by atoms with Crippen LogP contribution in [0.15, 0.2) is 109 Å². The van der Waals surface area contributed by atoms with Crippen LogP contribution in [0.4, 0.5) is 0 Å². The molecule has 7 rings (SSSR count). The Morgan fingerprint density at radius 2 is 1.25 bits per heavy atom. The summed E-state index contributed by atoms with van der Waals surface area (Å²) in [5.41, 5.74) is 4.05. The van der Waals surface area contributed by atoms with E-state index >= 15 is 0 Å². The molecule has 0 saturated heterocycles. The van der Waals surface area contributed by atoms with E-state index in [0.29, 0.717) is 0 Å². The summed E-state index contributed by atoms with van der Waals surface area (Å²) in [6.07, 6.45) is 9.76. The van der Waals surface area contributed by atoms with Crippen molar-refractivity contribution in [2.75, 3.05) is 0 Å². The van der Waals surface area contributed by atoms with Gasteiger partial charge in [-0.1, -0.05) is 97.1 Å². The van der Waals surface area contributed by atoms with Gasteiger partial charge in [0.05, 0.1) is 0 Å². The summed E-state index contributed by atoms with van der Waals surface area (Å²) < 4.78 is 6.72. The maximum Gasteiger partial charge on any atom is 0.132 e. The zero-order valence-electron chi connectivity index (χ0n) is 17.7. The van der Waals surface area contributed by atoms with Crippen LogP contribution < -0.4 is 4.74 Å². The van der Waals surface area contributed by atoms with Gasteiger partial charge in [-0.2, -0.15) is 0 Å². The lowest BCUT2D eigenvalue weighted by molar-refractivity contribution is 0.271. The molecule has 0 bridgehead atoms. The van der Waals surface area contributed by atoms with E-state index in [4.69, 9.17) is 4.74 Å². The summed E-state index contributed by atoms with van der Waals surface area (Å²) in [6.45, 7) is 0. The summed E-state index contributed by atoms with van der Waals surface area (Å²) in [5, 5.41) is 7.70. The molecule has 0 saturated carbocycles. The molecular weight excluding hydrogens is 388 g/mol. The van der Waals surface area contributed by atoms with Gasteiger partial charge in [0.15, 0.2) is 0 Å². The molecule has 0 spiro atoms. The normalized spacial score (nSPS) is 18.8. The van der Waals surface area contributed by atoms with Crippen LogP contribution in [0.1, 0.15) is 22.6 Å². The highest BCUT2D eigenvalue weighted by atomic mass is 16.5. The predicted octanol–water partition coefficient (Wildman–Crippen LogP) is 7.71. The highest BCUT2D eigenvalue weighted by molar-refractivity contribution is 6.27. The number of allylic oxidation sites excluding steroid dienone is 2. The van der Waals surface area contributed by atoms with E-state index in [9.17, 15) is 0 Å². The fourth-order valence-corrected chi connectivity index (χ4v) is 5.64. The van der Waals surface area contributed by atoms with Gasteiger partial charge in [-0.25, -0.2) is 0 Å². The molecule has 0 amide bonds. The molecule has 2 aliphatic rings. The first kappa shape index (κ1) is 17.8. The first-order chi connectivity index (χ1) is 15.9. The van der Waals surface area contributed by atoms with E-state index in [1.807, 2.05) is 0 Å². The van der Waals surface area contributed by atoms with Crippen molar-refractivity contribution in [2.45, 2.75) is 18.4 Å². The predicted molar refractivity (Wildman–Crippen MR) is 134 cm³/mol. The summed E-state index contributed by atoms with van der Waals surface area (Å²) in [5.74, 6) is 1.34. The Morgan fingerprint density at radius 3 is 2.03 bits per heavy atom. The maximum atomic E-state index is 6.72. The SMILES string of the molecule is C1=CC2Oc3c(c(Cc4ccccc4)cc4c5ccccc5c5ccccc5c34)C2C=C1. The molecule has 152 valence electrons. The molecule has 0 aromatic heterocycles. The molecule has 2 atom stereocenters. The Balaban J connectivity index is 1.63. The van der Waals surface area contributed by atoms with E-state index in [1.54, 1.807) is 0 Å². The van der Waals surface area contributed by atoms with Crippen LogP contribution in [-0.4, -0.2) is 6.10 Å². The van der Waals surface area contributed by atoms with Gasteiger partial charge >= 0.3 is 0 Å². The third-order valence-electron chi connectivity index (χ3n) is 7.02. The molecule has 0 radical (unpaired) electrons. The number of benzene rings is 5. The van der Waals surface area contributed by atoms with E-state index in [0.717, 1.165) is 12.2 Å². The highest BCUT2D eigenvalue weighted by Crippen LogP contribution is 2.51. The fourth-order valence-electron chi connectivity index (χ4n) is 5.64. The monoisotopic (exact) mass is 410 g/mol. The van der Waals surface area contributed by atoms with Crippen molar-refractivity contribution in [3.05, 3.63) is 126 Å². The number of hydrogen-bond donors (Lipinski definition) is 0. The summed E-state index contributed by atoms with van der Waals surface area (Å²) >= 11 is 0. The van der Waals surface area contributed by atoms with Crippen molar-refractivity contribution in [3.63, 3.8) is 0 Å². The van der Waals surface area contributed by atoms with Crippen LogP contribution in [0.3, 0.4) is 0 Å².